The lowest BCUT2D eigenvalue weighted by Gasteiger charge is -2.05. The molecule has 0 saturated heterocycles. The molecule has 116 valence electrons. The van der Waals surface area contributed by atoms with Crippen LogP contribution < -0.4 is 5.32 Å². The summed E-state index contributed by atoms with van der Waals surface area (Å²) in [7, 11) is 0. The van der Waals surface area contributed by atoms with Gasteiger partial charge in [-0.3, -0.25) is 10.1 Å². The molecule has 0 radical (unpaired) electrons. The molecule has 0 aromatic heterocycles. The Labute approximate surface area is 133 Å². The first-order valence-corrected chi connectivity index (χ1v) is 7.00. The van der Waals surface area contributed by atoms with E-state index in [1.54, 1.807) is 0 Å². The lowest BCUT2D eigenvalue weighted by Crippen LogP contribution is -1.95. The monoisotopic (exact) mass is 309 g/mol. The number of nitriles is 1. The molecule has 0 unspecified atom stereocenters. The number of azo groups is 1. The van der Waals surface area contributed by atoms with Crippen LogP contribution in [0.3, 0.4) is 0 Å². The Kier molecular flexibility index (Phi) is 5.00. The molecule has 0 fully saturated rings. The van der Waals surface area contributed by atoms with Gasteiger partial charge in [-0.2, -0.15) is 10.4 Å². The van der Waals surface area contributed by atoms with E-state index in [0.29, 0.717) is 11.4 Å². The average Bonchev–Trinajstić information content (AvgIpc) is 2.54. The second-order valence-electron chi connectivity index (χ2n) is 4.80. The van der Waals surface area contributed by atoms with Crippen molar-refractivity contribution in [2.45, 2.75) is 13.8 Å². The maximum absolute atomic E-state index is 10.7. The van der Waals surface area contributed by atoms with Crippen LogP contribution in [0.1, 0.15) is 18.1 Å². The summed E-state index contributed by atoms with van der Waals surface area (Å²) in [5.74, 6) is 0. The third kappa shape index (κ3) is 3.89. The van der Waals surface area contributed by atoms with E-state index in [4.69, 9.17) is 5.26 Å². The standard InChI is InChI=1S/C16H15N5O2/c1-3-18-13-4-6-15(11(2)8-13)19-20-16-7-5-14(21(22)23)9-12(16)10-17/h4-9,18H,3H2,1-2H3. The molecule has 0 aliphatic carbocycles. The van der Waals surface area contributed by atoms with Crippen LogP contribution in [0.2, 0.25) is 0 Å². The van der Waals surface area contributed by atoms with Crippen LogP contribution in [0.4, 0.5) is 22.7 Å². The molecule has 0 aliphatic rings. The van der Waals surface area contributed by atoms with Gasteiger partial charge < -0.3 is 5.32 Å². The van der Waals surface area contributed by atoms with Gasteiger partial charge in [0, 0.05) is 24.4 Å². The first-order chi connectivity index (χ1) is 11.0. The molecule has 0 heterocycles. The van der Waals surface area contributed by atoms with Crippen LogP contribution in [0.5, 0.6) is 0 Å². The molecule has 2 aromatic rings. The number of aryl methyl sites for hydroxylation is 1. The lowest BCUT2D eigenvalue weighted by atomic mass is 10.2. The summed E-state index contributed by atoms with van der Waals surface area (Å²) < 4.78 is 0. The maximum Gasteiger partial charge on any atom is 0.270 e. The summed E-state index contributed by atoms with van der Waals surface area (Å²) in [6.45, 7) is 4.76. The van der Waals surface area contributed by atoms with E-state index in [1.807, 2.05) is 38.1 Å². The summed E-state index contributed by atoms with van der Waals surface area (Å²) in [6.07, 6.45) is 0. The molecule has 0 aliphatic heterocycles. The number of benzene rings is 2. The Hall–Kier alpha value is -3.27. The van der Waals surface area contributed by atoms with Gasteiger partial charge in [0.05, 0.1) is 16.2 Å². The third-order valence-electron chi connectivity index (χ3n) is 3.15. The molecule has 0 amide bonds. The topological polar surface area (TPSA) is 104 Å². The number of non-ortho nitro benzene ring substituents is 1. The summed E-state index contributed by atoms with van der Waals surface area (Å²) in [5, 5.41) is 31.2. The second-order valence-corrected chi connectivity index (χ2v) is 4.80. The van der Waals surface area contributed by atoms with E-state index in [1.165, 1.54) is 18.2 Å². The first-order valence-electron chi connectivity index (χ1n) is 7.00. The molecule has 0 atom stereocenters. The van der Waals surface area contributed by atoms with Gasteiger partial charge in [-0.1, -0.05) is 0 Å². The van der Waals surface area contributed by atoms with Crippen LogP contribution in [0.25, 0.3) is 0 Å². The van der Waals surface area contributed by atoms with Gasteiger partial charge in [0.2, 0.25) is 0 Å². The second kappa shape index (κ2) is 7.13. The summed E-state index contributed by atoms with van der Waals surface area (Å²) in [5.41, 5.74) is 2.88. The Morgan fingerprint density at radius 1 is 1.22 bits per heavy atom. The number of hydrogen-bond acceptors (Lipinski definition) is 6. The molecule has 7 nitrogen and oxygen atoms in total. The highest BCUT2D eigenvalue weighted by atomic mass is 16.6. The van der Waals surface area contributed by atoms with Crippen LogP contribution in [0, 0.1) is 28.4 Å². The van der Waals surface area contributed by atoms with Crippen molar-refractivity contribution in [3.05, 3.63) is 57.6 Å². The first kappa shape index (κ1) is 16.1. The highest BCUT2D eigenvalue weighted by molar-refractivity contribution is 5.59. The zero-order chi connectivity index (χ0) is 16.8. The van der Waals surface area contributed by atoms with Gasteiger partial charge in [-0.15, -0.1) is 5.11 Å². The largest absolute Gasteiger partial charge is 0.385 e. The number of nitrogens with one attached hydrogen (secondary N) is 1. The zero-order valence-corrected chi connectivity index (χ0v) is 12.8. The quantitative estimate of drug-likeness (QED) is 0.494. The van der Waals surface area contributed by atoms with Crippen molar-refractivity contribution in [2.75, 3.05) is 11.9 Å². The number of nitro benzene ring substituents is 1. The molecule has 2 aromatic carbocycles. The molecule has 1 N–H and O–H groups in total. The van der Waals surface area contributed by atoms with Crippen LogP contribution in [-0.2, 0) is 0 Å². The fourth-order valence-electron chi connectivity index (χ4n) is 2.00. The van der Waals surface area contributed by atoms with Gasteiger partial charge in [-0.05, 0) is 43.7 Å². The molecular formula is C16H15N5O2. The van der Waals surface area contributed by atoms with E-state index in [0.717, 1.165) is 17.8 Å². The highest BCUT2D eigenvalue weighted by Crippen LogP contribution is 2.28. The third-order valence-corrected chi connectivity index (χ3v) is 3.15. The van der Waals surface area contributed by atoms with Crippen molar-refractivity contribution in [2.24, 2.45) is 10.2 Å². The number of nitrogens with zero attached hydrogens (tertiary/aromatic N) is 4. The highest BCUT2D eigenvalue weighted by Gasteiger charge is 2.10. The predicted molar refractivity (Wildman–Crippen MR) is 87.3 cm³/mol. The minimum atomic E-state index is -0.550. The Balaban J connectivity index is 2.30. The Morgan fingerprint density at radius 2 is 1.91 bits per heavy atom. The summed E-state index contributed by atoms with van der Waals surface area (Å²) in [6, 6.07) is 11.5. The fourth-order valence-corrected chi connectivity index (χ4v) is 2.00. The SMILES string of the molecule is CCNc1ccc(N=Nc2ccc([N+](=O)[O-])cc2C#N)c(C)c1. The molecule has 0 saturated carbocycles. The number of rotatable bonds is 5. The molecule has 0 spiro atoms. The van der Waals surface area contributed by atoms with E-state index in [9.17, 15) is 10.1 Å². The van der Waals surface area contributed by atoms with Crippen LogP contribution in [-0.4, -0.2) is 11.5 Å². The molecule has 7 heteroatoms. The van der Waals surface area contributed by atoms with Gasteiger partial charge in [0.15, 0.2) is 0 Å². The van der Waals surface area contributed by atoms with Crippen molar-refractivity contribution in [3.8, 4) is 6.07 Å². The average molecular weight is 309 g/mol. The van der Waals surface area contributed by atoms with Crippen molar-refractivity contribution in [3.63, 3.8) is 0 Å². The smallest absolute Gasteiger partial charge is 0.270 e. The minimum absolute atomic E-state index is 0.116. The fraction of sp³-hybridized carbons (Fsp3) is 0.188. The summed E-state index contributed by atoms with van der Waals surface area (Å²) >= 11 is 0. The van der Waals surface area contributed by atoms with Crippen molar-refractivity contribution in [1.29, 1.82) is 5.26 Å². The van der Waals surface area contributed by atoms with Gasteiger partial charge in [-0.25, -0.2) is 0 Å². The van der Waals surface area contributed by atoms with Crippen molar-refractivity contribution < 1.29 is 4.92 Å². The zero-order valence-electron chi connectivity index (χ0n) is 12.8. The number of anilines is 1. The van der Waals surface area contributed by atoms with Crippen molar-refractivity contribution in [1.82, 2.24) is 0 Å². The maximum atomic E-state index is 10.7. The van der Waals surface area contributed by atoms with E-state index >= 15 is 0 Å². The lowest BCUT2D eigenvalue weighted by molar-refractivity contribution is -0.384. The van der Waals surface area contributed by atoms with Gasteiger partial charge >= 0.3 is 0 Å². The van der Waals surface area contributed by atoms with Crippen LogP contribution in [0.15, 0.2) is 46.6 Å². The normalized spacial score (nSPS) is 10.5. The Morgan fingerprint density at radius 3 is 2.52 bits per heavy atom. The molecular weight excluding hydrogens is 294 g/mol. The Bertz CT molecular complexity index is 809. The summed E-state index contributed by atoms with van der Waals surface area (Å²) in [4.78, 5) is 10.2. The van der Waals surface area contributed by atoms with E-state index < -0.39 is 4.92 Å². The molecule has 2 rings (SSSR count). The molecule has 0 bridgehead atoms. The van der Waals surface area contributed by atoms with Crippen LogP contribution >= 0.6 is 0 Å². The number of hydrogen-bond donors (Lipinski definition) is 1. The van der Waals surface area contributed by atoms with Gasteiger partial charge in [0.1, 0.15) is 11.8 Å². The van der Waals surface area contributed by atoms with Crippen molar-refractivity contribution >= 4 is 22.7 Å². The number of nitro groups is 1. The van der Waals surface area contributed by atoms with E-state index in [2.05, 4.69) is 15.5 Å². The molecule has 23 heavy (non-hydrogen) atoms. The van der Waals surface area contributed by atoms with Gasteiger partial charge in [0.25, 0.3) is 5.69 Å². The predicted octanol–water partition coefficient (Wildman–Crippen LogP) is 4.62. The minimum Gasteiger partial charge on any atom is -0.385 e. The van der Waals surface area contributed by atoms with E-state index in [-0.39, 0.29) is 11.3 Å².